The van der Waals surface area contributed by atoms with Crippen LogP contribution in [0.25, 0.3) is 0 Å². The molecule has 6 aromatic carbocycles. The van der Waals surface area contributed by atoms with Gasteiger partial charge in [0.25, 0.3) is 0 Å². The van der Waals surface area contributed by atoms with Gasteiger partial charge in [0, 0.05) is 143 Å². The first-order valence-electron chi connectivity index (χ1n) is 34.5. The Balaban J connectivity index is 0.000000218. The summed E-state index contributed by atoms with van der Waals surface area (Å²) in [6.45, 7) is 9.62. The lowest BCUT2D eigenvalue weighted by Crippen LogP contribution is -2.32. The quantitative estimate of drug-likeness (QED) is 0.00964. The number of anilines is 3. The zero-order valence-corrected chi connectivity index (χ0v) is 66.5. The molecular weight excluding hydrogens is 1480 g/mol. The smallest absolute Gasteiger partial charge is 0.230 e. The molecule has 9 rings (SSSR count). The number of nitrogens with one attached hydrogen (secondary N) is 3. The van der Waals surface area contributed by atoms with Gasteiger partial charge in [-0.25, -0.2) is 0 Å². The molecule has 0 aromatic heterocycles. The van der Waals surface area contributed by atoms with Gasteiger partial charge in [-0.15, -0.1) is 0 Å². The number of hydrogen-bond acceptors (Lipinski definition) is 18. The highest BCUT2D eigenvalue weighted by atomic mass is 33.1. The van der Waals surface area contributed by atoms with Crippen LogP contribution in [-0.2, 0) is 62.8 Å². The second kappa shape index (κ2) is 45.5. The number of nitrogens with zero attached hydrogens (tertiary/aromatic N) is 3. The molecule has 3 aliphatic rings. The molecule has 6 amide bonds. The van der Waals surface area contributed by atoms with Crippen LogP contribution in [0, 0.1) is 35.5 Å². The Bertz CT molecular complexity index is 4180. The van der Waals surface area contributed by atoms with E-state index in [0.717, 1.165) is 92.1 Å². The molecule has 6 aromatic rings. The normalized spacial score (nSPS) is 12.7. The topological polar surface area (TPSA) is 199 Å². The first-order valence-corrected chi connectivity index (χ1v) is 42.9. The molecule has 0 radical (unpaired) electrons. The number of carbonyl (C=O) groups excluding carboxylic acids is 9. The fourth-order valence-electron chi connectivity index (χ4n) is 10.8. The third kappa shape index (κ3) is 28.7. The van der Waals surface area contributed by atoms with Crippen LogP contribution < -0.4 is 28.9 Å². The molecule has 0 saturated carbocycles. The molecule has 3 aliphatic heterocycles. The van der Waals surface area contributed by atoms with Gasteiger partial charge in [-0.1, -0.05) is 244 Å². The van der Waals surface area contributed by atoms with Gasteiger partial charge >= 0.3 is 0 Å². The highest BCUT2D eigenvalue weighted by Crippen LogP contribution is 2.40. The van der Waals surface area contributed by atoms with E-state index in [1.165, 1.54) is 0 Å². The van der Waals surface area contributed by atoms with Gasteiger partial charge in [0.15, 0.2) is 0 Å². The molecule has 0 saturated heterocycles. The predicted octanol–water partition coefficient (Wildman–Crippen LogP) is 16.3. The standard InChI is InChI=1S/2C27H30N2O3S3.C26H28N2O3S3/c1-27(2,35-34-18-16-25(31)28-33)17-15-23(30)13-14-26(32)29-19-22-9-4-3-7-20(22)11-12-21-8-5-6-10-24(21)29;1-2-24(18-26(31)28-33)35-34-17-7-11-23(30)15-16-27(32)29-19-22-10-4-3-8-20(22)13-14-21-9-5-6-12-25(21)29;1-19(34-33-17-16-25(30)27-32)10-13-23(29)14-15-26(31)28-18-22-8-3-2-6-20(22)11-12-21-7-4-5-9-24(21)28/h3-10,33H,13-19H2,1-2H3,(H,28,31);3-6,8-10,12,24,33H,2,7,11,15-19H2,1H3,(H,28,31);2-9,19,32H,10,13-18H2,1H3,(H,27,30). The summed E-state index contributed by atoms with van der Waals surface area (Å²) in [4.78, 5) is 116. The van der Waals surface area contributed by atoms with Crippen molar-refractivity contribution in [3.8, 4) is 35.5 Å². The van der Waals surface area contributed by atoms with Gasteiger partial charge in [0.05, 0.1) is 36.7 Å². The van der Waals surface area contributed by atoms with Gasteiger partial charge < -0.3 is 28.9 Å². The van der Waals surface area contributed by atoms with Crippen LogP contribution >= 0.6 is 103 Å². The molecule has 2 unspecified atom stereocenters. The minimum atomic E-state index is -0.105. The number of ketones is 3. The van der Waals surface area contributed by atoms with E-state index >= 15 is 0 Å². The van der Waals surface area contributed by atoms with Crippen LogP contribution in [0.1, 0.15) is 180 Å². The van der Waals surface area contributed by atoms with Crippen molar-refractivity contribution in [2.75, 3.05) is 32.0 Å². The Labute approximate surface area is 653 Å². The molecular formula is C80H88N6O9S9. The van der Waals surface area contributed by atoms with E-state index in [4.69, 9.17) is 0 Å². The maximum atomic E-state index is 13.3. The lowest BCUT2D eigenvalue weighted by molar-refractivity contribution is -0.124. The summed E-state index contributed by atoms with van der Waals surface area (Å²) < 4.78 is 6.88. The lowest BCUT2D eigenvalue weighted by atomic mass is 10.0. The van der Waals surface area contributed by atoms with E-state index in [1.54, 1.807) is 79.5 Å². The van der Waals surface area contributed by atoms with Crippen molar-refractivity contribution in [2.24, 2.45) is 0 Å². The highest BCUT2D eigenvalue weighted by molar-refractivity contribution is 8.77. The average molecular weight is 1570 g/mol. The maximum absolute atomic E-state index is 13.3. The van der Waals surface area contributed by atoms with Crippen molar-refractivity contribution >= 4 is 173 Å². The molecule has 0 fully saturated rings. The number of benzene rings is 6. The molecule has 0 bridgehead atoms. The Morgan fingerprint density at radius 2 is 0.779 bits per heavy atom. The number of rotatable bonds is 34. The molecule has 3 heterocycles. The summed E-state index contributed by atoms with van der Waals surface area (Å²) in [7, 11) is 9.98. The van der Waals surface area contributed by atoms with Gasteiger partial charge in [-0.05, 0) is 111 Å². The number of carbonyl (C=O) groups is 9. The Kier molecular flexibility index (Phi) is 36.8. The molecule has 0 aliphatic carbocycles. The molecule has 104 heavy (non-hydrogen) atoms. The lowest BCUT2D eigenvalue weighted by Gasteiger charge is -2.26. The van der Waals surface area contributed by atoms with E-state index in [9.17, 15) is 43.2 Å². The maximum Gasteiger partial charge on any atom is 0.230 e. The zero-order valence-electron chi connectivity index (χ0n) is 58.9. The molecule has 3 N–H and O–H groups in total. The van der Waals surface area contributed by atoms with E-state index in [1.807, 2.05) is 146 Å². The van der Waals surface area contributed by atoms with E-state index < -0.39 is 0 Å². The predicted molar refractivity (Wildman–Crippen MR) is 444 cm³/mol. The van der Waals surface area contributed by atoms with Crippen molar-refractivity contribution in [3.05, 3.63) is 196 Å². The number of fused-ring (bicyclic) bond motifs is 6. The van der Waals surface area contributed by atoms with Crippen LogP contribution in [0.2, 0.25) is 0 Å². The van der Waals surface area contributed by atoms with Crippen LogP contribution in [0.15, 0.2) is 146 Å². The molecule has 2 atom stereocenters. The second-order valence-electron chi connectivity index (χ2n) is 25.1. The molecule has 546 valence electrons. The second-order valence-corrected chi connectivity index (χ2v) is 34.6. The number of hydrogen-bond donors (Lipinski definition) is 6. The Morgan fingerprint density at radius 1 is 0.423 bits per heavy atom. The molecule has 24 heteroatoms. The zero-order chi connectivity index (χ0) is 74.6. The van der Waals surface area contributed by atoms with E-state index in [-0.39, 0.29) is 101 Å². The summed E-state index contributed by atoms with van der Waals surface area (Å²) in [5, 5.41) is 0.524. The van der Waals surface area contributed by atoms with Crippen molar-refractivity contribution in [3.63, 3.8) is 0 Å². The summed E-state index contributed by atoms with van der Waals surface area (Å²) in [5.74, 6) is 21.3. The third-order valence-corrected chi connectivity index (χ3v) is 26.8. The molecule has 0 spiro atoms. The van der Waals surface area contributed by atoms with Crippen LogP contribution in [0.5, 0.6) is 0 Å². The summed E-state index contributed by atoms with van der Waals surface area (Å²) in [6, 6.07) is 46.5. The fourth-order valence-corrected chi connectivity index (χ4v) is 18.7. The summed E-state index contributed by atoms with van der Waals surface area (Å²) >= 11 is 11.3. The Hall–Kier alpha value is -7.02. The fraction of sp³-hybridized carbons (Fsp3) is 0.362. The SMILES string of the molecule is CC(C)(CCC(=O)CCC(=O)N1Cc2ccccc2C#Cc2ccccc21)SSCCC(=O)NS.CC(CCC(=O)CCC(=O)N1Cc2ccccc2C#Cc2ccccc21)SSCCC(=O)NS.CCC(CC(=O)NS)SSCCCC(=O)CCC(=O)N1Cc2ccccc2C#Cc2ccccc21. The van der Waals surface area contributed by atoms with Gasteiger partial charge in [-0.2, -0.15) is 0 Å². The van der Waals surface area contributed by atoms with Gasteiger partial charge in [0.1, 0.15) is 17.3 Å². The molecule has 15 nitrogen and oxygen atoms in total. The van der Waals surface area contributed by atoms with E-state index in [0.29, 0.717) is 81.3 Å². The van der Waals surface area contributed by atoms with Crippen molar-refractivity contribution < 1.29 is 43.2 Å². The highest BCUT2D eigenvalue weighted by Gasteiger charge is 2.27. The minimum Gasteiger partial charge on any atom is -0.307 e. The summed E-state index contributed by atoms with van der Waals surface area (Å²) in [5.41, 5.74) is 10.5. The number of thiol groups is 3. The van der Waals surface area contributed by atoms with Crippen molar-refractivity contribution in [1.29, 1.82) is 0 Å². The van der Waals surface area contributed by atoms with Crippen LogP contribution in [0.4, 0.5) is 17.1 Å². The third-order valence-electron chi connectivity index (χ3n) is 16.7. The first-order chi connectivity index (χ1) is 50.3. The van der Waals surface area contributed by atoms with Crippen molar-refractivity contribution in [1.82, 2.24) is 14.2 Å². The Morgan fingerprint density at radius 3 is 1.19 bits per heavy atom. The minimum absolute atomic E-state index is 0.0671. The van der Waals surface area contributed by atoms with E-state index in [2.05, 4.69) is 116 Å². The average Bonchev–Trinajstić information content (AvgIpc) is 0.818. The number of amides is 6. The van der Waals surface area contributed by atoms with Crippen LogP contribution in [0.3, 0.4) is 0 Å². The summed E-state index contributed by atoms with van der Waals surface area (Å²) in [6.07, 6.45) is 6.95. The van der Waals surface area contributed by atoms with Crippen LogP contribution in [-0.4, -0.2) is 85.3 Å². The van der Waals surface area contributed by atoms with Gasteiger partial charge in [-0.3, -0.25) is 43.2 Å². The number of Topliss-reactive ketones (excluding diaryl/α,β-unsaturated/α-hetero) is 3. The monoisotopic (exact) mass is 1560 g/mol. The largest absolute Gasteiger partial charge is 0.307 e. The first kappa shape index (κ1) is 84.2. The van der Waals surface area contributed by atoms with Gasteiger partial charge in [0.2, 0.25) is 35.4 Å². The van der Waals surface area contributed by atoms with Crippen molar-refractivity contribution in [2.45, 2.75) is 165 Å². The number of para-hydroxylation sites is 3.